The first-order valence-electron chi connectivity index (χ1n) is 9.39. The van der Waals surface area contributed by atoms with Gasteiger partial charge in [0.25, 0.3) is 0 Å². The predicted octanol–water partition coefficient (Wildman–Crippen LogP) is 4.16. The normalized spacial score (nSPS) is 55.2. The Bertz CT molecular complexity index is 443. The molecule has 3 rings (SSSR count). The van der Waals surface area contributed by atoms with Gasteiger partial charge < -0.3 is 10.2 Å². The first-order valence-corrected chi connectivity index (χ1v) is 9.39. The van der Waals surface area contributed by atoms with Gasteiger partial charge in [0.2, 0.25) is 0 Å². The summed E-state index contributed by atoms with van der Waals surface area (Å²) in [7, 11) is 0. The maximum absolute atomic E-state index is 10.9. The molecule has 0 aromatic heterocycles. The third-order valence-corrected chi connectivity index (χ3v) is 7.57. The van der Waals surface area contributed by atoms with Crippen molar-refractivity contribution < 1.29 is 10.2 Å². The van der Waals surface area contributed by atoms with Crippen LogP contribution in [0, 0.1) is 35.0 Å². The Morgan fingerprint density at radius 2 is 1.82 bits per heavy atom. The fourth-order valence-electron chi connectivity index (χ4n) is 6.10. The zero-order valence-corrected chi connectivity index (χ0v) is 14.8. The molecule has 0 saturated heterocycles. The van der Waals surface area contributed by atoms with Gasteiger partial charge in [-0.15, -0.1) is 0 Å². The molecule has 3 aliphatic carbocycles. The quantitative estimate of drug-likeness (QED) is 0.660. The molecule has 2 fully saturated rings. The summed E-state index contributed by atoms with van der Waals surface area (Å²) in [6.45, 7) is 9.21. The SMILES string of the molecule is C/C1=C/CC[C@H](C)CCC2C(C)[C@@H]3C1CC[C@]3(C)[C@@H](O)[C@@H]2O. The first kappa shape index (κ1) is 16.5. The summed E-state index contributed by atoms with van der Waals surface area (Å²) in [5.74, 6) is 2.62. The van der Waals surface area contributed by atoms with Crippen molar-refractivity contribution >= 4 is 0 Å². The van der Waals surface area contributed by atoms with Crippen molar-refractivity contribution in [3.63, 3.8) is 0 Å². The number of aliphatic hydroxyl groups is 2. The molecule has 2 nitrogen and oxygen atoms in total. The smallest absolute Gasteiger partial charge is 0.0858 e. The third kappa shape index (κ3) is 2.47. The predicted molar refractivity (Wildman–Crippen MR) is 90.4 cm³/mol. The van der Waals surface area contributed by atoms with E-state index in [9.17, 15) is 10.2 Å². The lowest BCUT2D eigenvalue weighted by atomic mass is 9.55. The standard InChI is InChI=1S/C20H34O2/c1-12-6-5-7-13(2)15-10-11-20(4)17(15)14(3)16(9-8-12)18(21)19(20)22/h7,12,14-19,21-22H,5-6,8-11H2,1-4H3/b13-7-/t12-,14?,15?,16?,17+,18+,19-,20-/m0/s1. The highest BCUT2D eigenvalue weighted by Crippen LogP contribution is 2.60. The summed E-state index contributed by atoms with van der Waals surface area (Å²) in [6, 6.07) is 0. The number of rotatable bonds is 0. The zero-order chi connectivity index (χ0) is 16.1. The van der Waals surface area contributed by atoms with Crippen LogP contribution >= 0.6 is 0 Å². The molecular formula is C20H34O2. The average molecular weight is 306 g/mol. The Balaban J connectivity index is 2.00. The van der Waals surface area contributed by atoms with Crippen LogP contribution in [0.25, 0.3) is 0 Å². The van der Waals surface area contributed by atoms with Gasteiger partial charge >= 0.3 is 0 Å². The molecule has 22 heavy (non-hydrogen) atoms. The second kappa shape index (κ2) is 5.94. The topological polar surface area (TPSA) is 40.5 Å². The monoisotopic (exact) mass is 306 g/mol. The van der Waals surface area contributed by atoms with Gasteiger partial charge in [-0.05, 0) is 74.0 Å². The molecule has 3 unspecified atom stereocenters. The summed E-state index contributed by atoms with van der Waals surface area (Å²) < 4.78 is 0. The Morgan fingerprint density at radius 1 is 1.09 bits per heavy atom. The third-order valence-electron chi connectivity index (χ3n) is 7.57. The van der Waals surface area contributed by atoms with Gasteiger partial charge in [0.05, 0.1) is 12.2 Å². The molecule has 2 heteroatoms. The van der Waals surface area contributed by atoms with Crippen molar-refractivity contribution in [2.75, 3.05) is 0 Å². The summed E-state index contributed by atoms with van der Waals surface area (Å²) >= 11 is 0. The van der Waals surface area contributed by atoms with E-state index in [2.05, 4.69) is 33.8 Å². The van der Waals surface area contributed by atoms with Crippen LogP contribution in [0.5, 0.6) is 0 Å². The van der Waals surface area contributed by atoms with Crippen molar-refractivity contribution in [3.05, 3.63) is 11.6 Å². The second-order valence-corrected chi connectivity index (χ2v) is 8.84. The lowest BCUT2D eigenvalue weighted by molar-refractivity contribution is -0.162. The summed E-state index contributed by atoms with van der Waals surface area (Å²) in [6.07, 6.45) is 8.32. The lowest BCUT2D eigenvalue weighted by Crippen LogP contribution is -2.57. The number of hydrogen-bond donors (Lipinski definition) is 2. The van der Waals surface area contributed by atoms with Gasteiger partial charge in [0.1, 0.15) is 0 Å². The maximum Gasteiger partial charge on any atom is 0.0858 e. The summed E-state index contributed by atoms with van der Waals surface area (Å²) in [4.78, 5) is 0. The lowest BCUT2D eigenvalue weighted by Gasteiger charge is -2.52. The van der Waals surface area contributed by atoms with Gasteiger partial charge in [-0.2, -0.15) is 0 Å². The Labute approximate surface area is 136 Å². The van der Waals surface area contributed by atoms with Crippen molar-refractivity contribution in [2.45, 2.75) is 78.4 Å². The Morgan fingerprint density at radius 3 is 2.55 bits per heavy atom. The van der Waals surface area contributed by atoms with Crippen LogP contribution in [0.3, 0.4) is 0 Å². The highest BCUT2D eigenvalue weighted by atomic mass is 16.3. The van der Waals surface area contributed by atoms with Crippen LogP contribution in [-0.2, 0) is 0 Å². The Kier molecular flexibility index (Phi) is 4.46. The van der Waals surface area contributed by atoms with E-state index in [4.69, 9.17) is 0 Å². The van der Waals surface area contributed by atoms with Crippen LogP contribution in [0.2, 0.25) is 0 Å². The second-order valence-electron chi connectivity index (χ2n) is 8.84. The van der Waals surface area contributed by atoms with Crippen LogP contribution < -0.4 is 0 Å². The van der Waals surface area contributed by atoms with Crippen LogP contribution in [-0.4, -0.2) is 22.4 Å². The fraction of sp³-hybridized carbons (Fsp3) is 0.900. The maximum atomic E-state index is 10.9. The van der Waals surface area contributed by atoms with Gasteiger partial charge in [-0.3, -0.25) is 0 Å². The van der Waals surface area contributed by atoms with E-state index in [0.29, 0.717) is 23.7 Å². The van der Waals surface area contributed by atoms with Crippen LogP contribution in [0.15, 0.2) is 11.6 Å². The Hall–Kier alpha value is -0.340. The van der Waals surface area contributed by atoms with Gasteiger partial charge in [-0.1, -0.05) is 38.8 Å². The van der Waals surface area contributed by atoms with E-state index in [1.165, 1.54) is 31.3 Å². The highest BCUT2D eigenvalue weighted by Gasteiger charge is 2.59. The molecule has 0 aliphatic heterocycles. The van der Waals surface area contributed by atoms with E-state index in [1.807, 2.05) is 0 Å². The van der Waals surface area contributed by atoms with Crippen molar-refractivity contribution in [1.29, 1.82) is 0 Å². The minimum atomic E-state index is -0.549. The van der Waals surface area contributed by atoms with Crippen LogP contribution in [0.1, 0.15) is 66.2 Å². The molecular weight excluding hydrogens is 272 g/mol. The number of hydrogen-bond acceptors (Lipinski definition) is 2. The van der Waals surface area contributed by atoms with Crippen LogP contribution in [0.4, 0.5) is 0 Å². The van der Waals surface area contributed by atoms with E-state index >= 15 is 0 Å². The molecule has 2 saturated carbocycles. The van der Waals surface area contributed by atoms with Crippen molar-refractivity contribution in [3.8, 4) is 0 Å². The number of aliphatic hydroxyl groups excluding tert-OH is 2. The molecule has 0 radical (unpaired) electrons. The fourth-order valence-corrected chi connectivity index (χ4v) is 6.10. The van der Waals surface area contributed by atoms with Gasteiger partial charge in [0, 0.05) is 0 Å². The molecule has 8 atom stereocenters. The molecule has 0 spiro atoms. The van der Waals surface area contributed by atoms with E-state index < -0.39 is 12.2 Å². The highest BCUT2D eigenvalue weighted by molar-refractivity contribution is 5.17. The van der Waals surface area contributed by atoms with E-state index in [-0.39, 0.29) is 11.3 Å². The minimum absolute atomic E-state index is 0.102. The van der Waals surface area contributed by atoms with E-state index in [0.717, 1.165) is 12.8 Å². The number of allylic oxidation sites excluding steroid dienone is 2. The molecule has 0 amide bonds. The number of fused-ring (bicyclic) bond motifs is 1. The summed E-state index contributed by atoms with van der Waals surface area (Å²) in [5.41, 5.74) is 1.44. The molecule has 0 aromatic carbocycles. The molecule has 3 aliphatic rings. The zero-order valence-electron chi connectivity index (χ0n) is 14.8. The molecule has 0 aromatic rings. The first-order chi connectivity index (χ1) is 10.4. The molecule has 2 N–H and O–H groups in total. The largest absolute Gasteiger partial charge is 0.390 e. The summed E-state index contributed by atoms with van der Waals surface area (Å²) in [5, 5.41) is 21.7. The van der Waals surface area contributed by atoms with Gasteiger partial charge in [-0.25, -0.2) is 0 Å². The average Bonchev–Trinajstić information content (AvgIpc) is 2.83. The molecule has 0 heterocycles. The molecule has 2 bridgehead atoms. The molecule has 126 valence electrons. The van der Waals surface area contributed by atoms with Crippen molar-refractivity contribution in [2.24, 2.45) is 35.0 Å². The van der Waals surface area contributed by atoms with Crippen molar-refractivity contribution in [1.82, 2.24) is 0 Å². The van der Waals surface area contributed by atoms with E-state index in [1.54, 1.807) is 0 Å². The minimum Gasteiger partial charge on any atom is -0.390 e. The van der Waals surface area contributed by atoms with Gasteiger partial charge in [0.15, 0.2) is 0 Å².